The van der Waals surface area contributed by atoms with E-state index in [-0.39, 0.29) is 0 Å². The molecule has 12 rings (SSSR count). The summed E-state index contributed by atoms with van der Waals surface area (Å²) in [6.45, 7) is 0. The minimum Gasteiger partial charge on any atom is -0.311 e. The highest BCUT2D eigenvalue weighted by molar-refractivity contribution is 5.98. The smallest absolute Gasteiger partial charge is 0.0725 e. The fraction of sp³-hybridized carbons (Fsp3) is 0.0164. The molecule has 0 heterocycles. The first-order valence-corrected chi connectivity index (χ1v) is 21.5. The molecule has 10 aromatic rings. The lowest BCUT2D eigenvalue weighted by Crippen LogP contribution is -2.29. The first kappa shape index (κ1) is 35.9. The predicted octanol–water partition coefficient (Wildman–Crippen LogP) is 16.2. The van der Waals surface area contributed by atoms with Gasteiger partial charge in [0, 0.05) is 17.1 Å². The number of fused-ring (bicyclic) bond motifs is 12. The maximum atomic E-state index is 2.49. The molecule has 2 aliphatic carbocycles. The Hall–Kier alpha value is -8.00. The molecule has 0 radical (unpaired) electrons. The molecule has 0 atom stereocenters. The fourth-order valence-electron chi connectivity index (χ4n) is 10.3. The highest BCUT2D eigenvalue weighted by Crippen LogP contribution is 2.61. The molecule has 0 unspecified atom stereocenters. The summed E-state index contributed by atoms with van der Waals surface area (Å²) in [5.74, 6) is 0. The Labute approximate surface area is 363 Å². The first-order valence-electron chi connectivity index (χ1n) is 21.5. The van der Waals surface area contributed by atoms with Crippen LogP contribution in [0.2, 0.25) is 0 Å². The van der Waals surface area contributed by atoms with Gasteiger partial charge in [-0.05, 0) is 131 Å². The highest BCUT2D eigenvalue weighted by Gasteiger charge is 2.49. The lowest BCUT2D eigenvalue weighted by atomic mass is 9.65. The lowest BCUT2D eigenvalue weighted by molar-refractivity contribution is 0.776. The standard InChI is InChI=1S/C61H41N/c1-3-15-42(16-4-1)43-27-29-44(30-28-43)45-31-36-49(37-32-45)62(48-17-5-2-6-18-48)50-38-33-46(34-39-50)47-35-40-56-52-20-8-7-19-51(52)53-21-9-12-24-57(53)61(60(56)41-47)58-25-13-10-22-54(58)55-23-11-14-26-59(55)61/h1-41H. The molecule has 0 saturated carbocycles. The Morgan fingerprint density at radius 1 is 0.210 bits per heavy atom. The lowest BCUT2D eigenvalue weighted by Gasteiger charge is -2.35. The molecule has 1 heteroatoms. The third-order valence-corrected chi connectivity index (χ3v) is 13.1. The van der Waals surface area contributed by atoms with Crippen LogP contribution in [0.5, 0.6) is 0 Å². The van der Waals surface area contributed by atoms with E-state index in [9.17, 15) is 0 Å². The topological polar surface area (TPSA) is 3.24 Å². The molecular weight excluding hydrogens is 747 g/mol. The number of hydrogen-bond donors (Lipinski definition) is 0. The largest absolute Gasteiger partial charge is 0.311 e. The molecule has 0 fully saturated rings. The van der Waals surface area contributed by atoms with Crippen LogP contribution in [-0.4, -0.2) is 0 Å². The van der Waals surface area contributed by atoms with E-state index in [4.69, 9.17) is 0 Å². The molecule has 1 nitrogen and oxygen atoms in total. The molecular formula is C61H41N. The van der Waals surface area contributed by atoms with E-state index < -0.39 is 5.41 Å². The van der Waals surface area contributed by atoms with Gasteiger partial charge in [-0.3, -0.25) is 0 Å². The molecule has 0 bridgehead atoms. The summed E-state index contributed by atoms with van der Waals surface area (Å²) in [7, 11) is 0. The number of benzene rings is 10. The van der Waals surface area contributed by atoms with Crippen LogP contribution in [0.4, 0.5) is 17.1 Å². The van der Waals surface area contributed by atoms with Gasteiger partial charge in [0.2, 0.25) is 0 Å². The van der Waals surface area contributed by atoms with Gasteiger partial charge in [0.25, 0.3) is 0 Å². The van der Waals surface area contributed by atoms with Gasteiger partial charge >= 0.3 is 0 Å². The summed E-state index contributed by atoms with van der Waals surface area (Å²) in [6.07, 6.45) is 0. The molecule has 0 N–H and O–H groups in total. The molecule has 62 heavy (non-hydrogen) atoms. The van der Waals surface area contributed by atoms with Crippen LogP contribution in [0.3, 0.4) is 0 Å². The van der Waals surface area contributed by atoms with Crippen LogP contribution < -0.4 is 4.90 Å². The normalized spacial score (nSPS) is 12.6. The second-order valence-corrected chi connectivity index (χ2v) is 16.4. The summed E-state index contributed by atoms with van der Waals surface area (Å²) in [6, 6.07) is 91.5. The number of para-hydroxylation sites is 1. The van der Waals surface area contributed by atoms with Gasteiger partial charge in [-0.1, -0.05) is 206 Å². The van der Waals surface area contributed by atoms with E-state index in [1.165, 1.54) is 89.0 Å². The Bertz CT molecular complexity index is 3210. The second-order valence-electron chi connectivity index (χ2n) is 16.4. The molecule has 1 spiro atoms. The Balaban J connectivity index is 0.963. The maximum absolute atomic E-state index is 2.49. The van der Waals surface area contributed by atoms with Crippen molar-refractivity contribution in [3.05, 3.63) is 271 Å². The van der Waals surface area contributed by atoms with Gasteiger partial charge < -0.3 is 4.90 Å². The average Bonchev–Trinajstić information content (AvgIpc) is 3.60. The summed E-state index contributed by atoms with van der Waals surface area (Å²) in [4.78, 5) is 2.35. The number of nitrogens with zero attached hydrogens (tertiary/aromatic N) is 1. The number of rotatable bonds is 6. The van der Waals surface area contributed by atoms with Crippen molar-refractivity contribution in [2.24, 2.45) is 0 Å². The molecule has 10 aromatic carbocycles. The van der Waals surface area contributed by atoms with Gasteiger partial charge in [-0.25, -0.2) is 0 Å². The van der Waals surface area contributed by atoms with E-state index >= 15 is 0 Å². The second kappa shape index (κ2) is 14.6. The zero-order chi connectivity index (χ0) is 41.0. The average molecular weight is 788 g/mol. The van der Waals surface area contributed by atoms with Crippen LogP contribution in [0, 0.1) is 0 Å². The molecule has 0 saturated heterocycles. The molecule has 2 aliphatic rings. The fourth-order valence-corrected chi connectivity index (χ4v) is 10.3. The summed E-state index contributed by atoms with van der Waals surface area (Å²) in [5.41, 5.74) is 23.1. The van der Waals surface area contributed by atoms with E-state index in [2.05, 4.69) is 254 Å². The van der Waals surface area contributed by atoms with E-state index in [1.807, 2.05) is 0 Å². The van der Waals surface area contributed by atoms with Crippen molar-refractivity contribution in [1.82, 2.24) is 0 Å². The third-order valence-electron chi connectivity index (χ3n) is 13.1. The molecule has 0 aromatic heterocycles. The Morgan fingerprint density at radius 2 is 0.516 bits per heavy atom. The van der Waals surface area contributed by atoms with Gasteiger partial charge in [-0.2, -0.15) is 0 Å². The predicted molar refractivity (Wildman–Crippen MR) is 259 cm³/mol. The van der Waals surface area contributed by atoms with Crippen LogP contribution in [-0.2, 0) is 5.41 Å². The van der Waals surface area contributed by atoms with Crippen molar-refractivity contribution < 1.29 is 0 Å². The highest BCUT2D eigenvalue weighted by atomic mass is 15.1. The summed E-state index contributed by atoms with van der Waals surface area (Å²) < 4.78 is 0. The minimum atomic E-state index is -0.506. The van der Waals surface area contributed by atoms with Crippen molar-refractivity contribution >= 4 is 17.1 Å². The van der Waals surface area contributed by atoms with Crippen molar-refractivity contribution in [3.8, 4) is 66.8 Å². The Kier molecular flexibility index (Phi) is 8.47. The van der Waals surface area contributed by atoms with Crippen LogP contribution in [0.15, 0.2) is 249 Å². The van der Waals surface area contributed by atoms with Gasteiger partial charge in [0.05, 0.1) is 5.41 Å². The van der Waals surface area contributed by atoms with Crippen molar-refractivity contribution in [2.45, 2.75) is 5.41 Å². The SMILES string of the molecule is c1ccc(-c2ccc(-c3ccc(N(c4ccccc4)c4ccc(-c5ccc6c(c5)C5(c7ccccc7-c7ccccc7-6)c6ccccc6-c6ccccc65)cc4)cc3)cc2)cc1. The third kappa shape index (κ3) is 5.63. The zero-order valence-corrected chi connectivity index (χ0v) is 34.1. The van der Waals surface area contributed by atoms with Gasteiger partial charge in [0.1, 0.15) is 0 Å². The van der Waals surface area contributed by atoms with Crippen molar-refractivity contribution in [3.63, 3.8) is 0 Å². The number of anilines is 3. The van der Waals surface area contributed by atoms with Crippen LogP contribution >= 0.6 is 0 Å². The minimum absolute atomic E-state index is 0.506. The van der Waals surface area contributed by atoms with Crippen molar-refractivity contribution in [1.29, 1.82) is 0 Å². The molecule has 0 amide bonds. The maximum Gasteiger partial charge on any atom is 0.0725 e. The summed E-state index contributed by atoms with van der Waals surface area (Å²) >= 11 is 0. The zero-order valence-electron chi connectivity index (χ0n) is 34.1. The molecule has 0 aliphatic heterocycles. The first-order chi connectivity index (χ1) is 30.8. The monoisotopic (exact) mass is 787 g/mol. The molecule has 290 valence electrons. The van der Waals surface area contributed by atoms with Crippen LogP contribution in [0.25, 0.3) is 66.8 Å². The van der Waals surface area contributed by atoms with Gasteiger partial charge in [-0.15, -0.1) is 0 Å². The summed E-state index contributed by atoms with van der Waals surface area (Å²) in [5, 5.41) is 0. The van der Waals surface area contributed by atoms with E-state index in [0.717, 1.165) is 17.1 Å². The number of hydrogen-bond acceptors (Lipinski definition) is 1. The van der Waals surface area contributed by atoms with Crippen LogP contribution in [0.1, 0.15) is 22.3 Å². The van der Waals surface area contributed by atoms with Crippen molar-refractivity contribution in [2.75, 3.05) is 4.90 Å². The Morgan fingerprint density at radius 3 is 1.00 bits per heavy atom. The quantitative estimate of drug-likeness (QED) is 0.162. The van der Waals surface area contributed by atoms with E-state index in [0.29, 0.717) is 0 Å². The van der Waals surface area contributed by atoms with Gasteiger partial charge in [0.15, 0.2) is 0 Å². The van der Waals surface area contributed by atoms with E-state index in [1.54, 1.807) is 0 Å².